The highest BCUT2D eigenvalue weighted by atomic mass is 28.4. The van der Waals surface area contributed by atoms with Crippen molar-refractivity contribution in [1.82, 2.24) is 0 Å². The Hall–Kier alpha value is -1.47. The van der Waals surface area contributed by atoms with E-state index in [2.05, 4.69) is 6.58 Å². The molecule has 0 radical (unpaired) electrons. The number of hydrogen-bond acceptors (Lipinski definition) is 5. The van der Waals surface area contributed by atoms with Gasteiger partial charge in [-0.05, 0) is 34.1 Å². The highest BCUT2D eigenvalue weighted by molar-refractivity contribution is 6.75. The molecule has 0 fully saturated rings. The monoisotopic (exact) mass is 368 g/mol. The molecule has 0 amide bonds. The minimum atomic E-state index is -2.67. The third-order valence-corrected chi connectivity index (χ3v) is 5.96. The molecule has 6 heteroatoms. The molecule has 0 spiro atoms. The van der Waals surface area contributed by atoms with Crippen LogP contribution in [0.15, 0.2) is 42.5 Å². The lowest BCUT2D eigenvalue weighted by molar-refractivity contribution is -0.138. The predicted molar refractivity (Wildman–Crippen MR) is 103 cm³/mol. The van der Waals surface area contributed by atoms with Crippen LogP contribution in [-0.4, -0.2) is 41.2 Å². The third-order valence-electron chi connectivity index (χ3n) is 2.92. The summed E-state index contributed by atoms with van der Waals surface area (Å²) in [6.45, 7) is 15.2. The molecule has 1 aromatic carbocycles. The van der Waals surface area contributed by atoms with Gasteiger partial charge in [0, 0.05) is 30.6 Å². The van der Waals surface area contributed by atoms with E-state index in [9.17, 15) is 4.79 Å². The summed E-state index contributed by atoms with van der Waals surface area (Å²) in [7, 11) is -2.67. The van der Waals surface area contributed by atoms with Gasteiger partial charge >= 0.3 is 14.8 Å². The fraction of sp³-hybridized carbons (Fsp3) is 0.526. The first-order chi connectivity index (χ1) is 12.0. The SMILES string of the molecule is C=C(C)C(=O)OCCC.CCO[Si](OCC)(OCC)c1ccccc1. The minimum absolute atomic E-state index is 0.295. The van der Waals surface area contributed by atoms with Crippen LogP contribution in [0.1, 0.15) is 41.0 Å². The lowest BCUT2D eigenvalue weighted by Gasteiger charge is -2.28. The Morgan fingerprint density at radius 3 is 1.80 bits per heavy atom. The molecule has 25 heavy (non-hydrogen) atoms. The van der Waals surface area contributed by atoms with Gasteiger partial charge in [-0.1, -0.05) is 43.8 Å². The maximum atomic E-state index is 10.6. The van der Waals surface area contributed by atoms with Gasteiger partial charge in [0.05, 0.1) is 6.61 Å². The second kappa shape index (κ2) is 13.8. The molecule has 1 rings (SSSR count). The lowest BCUT2D eigenvalue weighted by atomic mass is 10.4. The van der Waals surface area contributed by atoms with Crippen molar-refractivity contribution in [1.29, 1.82) is 0 Å². The van der Waals surface area contributed by atoms with Crippen LogP contribution in [0.3, 0.4) is 0 Å². The van der Waals surface area contributed by atoms with E-state index >= 15 is 0 Å². The molecule has 0 bridgehead atoms. The highest BCUT2D eigenvalue weighted by Gasteiger charge is 2.42. The normalized spacial score (nSPS) is 10.6. The van der Waals surface area contributed by atoms with E-state index in [4.69, 9.17) is 18.0 Å². The van der Waals surface area contributed by atoms with Gasteiger partial charge in [-0.3, -0.25) is 0 Å². The van der Waals surface area contributed by atoms with Gasteiger partial charge < -0.3 is 18.0 Å². The molecule has 0 aliphatic heterocycles. The summed E-state index contributed by atoms with van der Waals surface area (Å²) in [6, 6.07) is 9.95. The van der Waals surface area contributed by atoms with E-state index in [1.807, 2.05) is 58.0 Å². The van der Waals surface area contributed by atoms with Gasteiger partial charge in [0.25, 0.3) is 0 Å². The number of carbonyl (C=O) groups is 1. The van der Waals surface area contributed by atoms with Gasteiger partial charge in [0.2, 0.25) is 0 Å². The van der Waals surface area contributed by atoms with Crippen LogP contribution in [0.4, 0.5) is 0 Å². The van der Waals surface area contributed by atoms with E-state index < -0.39 is 8.80 Å². The molecule has 0 saturated heterocycles. The molecule has 0 aliphatic carbocycles. The number of hydrogen-bond donors (Lipinski definition) is 0. The molecule has 0 N–H and O–H groups in total. The first-order valence-corrected chi connectivity index (χ1v) is 10.5. The summed E-state index contributed by atoms with van der Waals surface area (Å²) in [6.07, 6.45) is 0.860. The van der Waals surface area contributed by atoms with Crippen LogP contribution >= 0.6 is 0 Å². The quantitative estimate of drug-likeness (QED) is 0.360. The zero-order valence-corrected chi connectivity index (χ0v) is 17.2. The molecule has 0 atom stereocenters. The molecule has 142 valence electrons. The van der Waals surface area contributed by atoms with Crippen molar-refractivity contribution < 1.29 is 22.8 Å². The third kappa shape index (κ3) is 8.97. The van der Waals surface area contributed by atoms with Crippen molar-refractivity contribution in [2.75, 3.05) is 26.4 Å². The van der Waals surface area contributed by atoms with E-state index in [1.54, 1.807) is 6.92 Å². The van der Waals surface area contributed by atoms with E-state index in [-0.39, 0.29) is 5.97 Å². The van der Waals surface area contributed by atoms with Gasteiger partial charge in [-0.25, -0.2) is 4.79 Å². The van der Waals surface area contributed by atoms with Gasteiger partial charge in [-0.2, -0.15) is 0 Å². The van der Waals surface area contributed by atoms with Gasteiger partial charge in [0.15, 0.2) is 0 Å². The number of benzene rings is 1. The molecular weight excluding hydrogens is 336 g/mol. The Labute approximate surface area is 153 Å². The Bertz CT molecular complexity index is 473. The summed E-state index contributed by atoms with van der Waals surface area (Å²) in [5.74, 6) is -0.295. The van der Waals surface area contributed by atoms with Crippen LogP contribution < -0.4 is 5.19 Å². The number of ether oxygens (including phenoxy) is 1. The number of esters is 1. The largest absolute Gasteiger partial charge is 0.537 e. The number of rotatable bonds is 10. The Morgan fingerprint density at radius 1 is 0.960 bits per heavy atom. The molecule has 0 unspecified atom stereocenters. The second-order valence-electron chi connectivity index (χ2n) is 5.14. The first kappa shape index (κ1) is 23.5. The molecule has 0 heterocycles. The lowest BCUT2D eigenvalue weighted by Crippen LogP contribution is -2.56. The summed E-state index contributed by atoms with van der Waals surface area (Å²) >= 11 is 0. The molecule has 1 aromatic rings. The molecule has 5 nitrogen and oxygen atoms in total. The van der Waals surface area contributed by atoms with E-state index in [1.165, 1.54) is 0 Å². The standard InChI is InChI=1S/C12H20O3Si.C7H12O2/c1-4-13-16(14-5-2,15-6-3)12-10-8-7-9-11-12;1-4-5-9-7(8)6(2)3/h7-11H,4-6H2,1-3H3;2,4-5H2,1,3H3. The predicted octanol–water partition coefficient (Wildman–Crippen LogP) is 3.46. The minimum Gasteiger partial charge on any atom is -0.462 e. The first-order valence-electron chi connectivity index (χ1n) is 8.77. The summed E-state index contributed by atoms with van der Waals surface area (Å²) in [5, 5.41) is 1.03. The smallest absolute Gasteiger partial charge is 0.462 e. The Morgan fingerprint density at radius 2 is 1.44 bits per heavy atom. The topological polar surface area (TPSA) is 54.0 Å². The van der Waals surface area contributed by atoms with Crippen molar-refractivity contribution in [3.8, 4) is 0 Å². The summed E-state index contributed by atoms with van der Waals surface area (Å²) in [4.78, 5) is 10.6. The van der Waals surface area contributed by atoms with Crippen molar-refractivity contribution in [2.45, 2.75) is 41.0 Å². The molecular formula is C19H32O5Si. The zero-order valence-electron chi connectivity index (χ0n) is 16.2. The van der Waals surface area contributed by atoms with Crippen LogP contribution in [0.5, 0.6) is 0 Å². The second-order valence-corrected chi connectivity index (χ2v) is 7.69. The van der Waals surface area contributed by atoms with Crippen molar-refractivity contribution >= 4 is 20.0 Å². The average Bonchev–Trinajstić information content (AvgIpc) is 2.61. The maximum Gasteiger partial charge on any atom is 0.537 e. The fourth-order valence-electron chi connectivity index (χ4n) is 1.91. The average molecular weight is 369 g/mol. The Kier molecular flexibility index (Phi) is 13.0. The van der Waals surface area contributed by atoms with Crippen molar-refractivity contribution in [2.24, 2.45) is 0 Å². The van der Waals surface area contributed by atoms with Crippen LogP contribution in [0.2, 0.25) is 0 Å². The van der Waals surface area contributed by atoms with Crippen molar-refractivity contribution in [3.05, 3.63) is 42.5 Å². The number of carbonyl (C=O) groups excluding carboxylic acids is 1. The summed E-state index contributed by atoms with van der Waals surface area (Å²) < 4.78 is 22.1. The van der Waals surface area contributed by atoms with E-state index in [0.29, 0.717) is 32.0 Å². The molecule has 0 saturated carbocycles. The van der Waals surface area contributed by atoms with Crippen LogP contribution in [0, 0.1) is 0 Å². The summed E-state index contributed by atoms with van der Waals surface area (Å²) in [5.41, 5.74) is 0.462. The van der Waals surface area contributed by atoms with Crippen molar-refractivity contribution in [3.63, 3.8) is 0 Å². The van der Waals surface area contributed by atoms with Crippen LogP contribution in [-0.2, 0) is 22.8 Å². The zero-order chi connectivity index (χ0) is 19.1. The molecule has 0 aromatic heterocycles. The fourth-order valence-corrected chi connectivity index (χ4v) is 4.40. The van der Waals surface area contributed by atoms with E-state index in [0.717, 1.165) is 11.6 Å². The molecule has 0 aliphatic rings. The van der Waals surface area contributed by atoms with Gasteiger partial charge in [-0.15, -0.1) is 0 Å². The maximum absolute atomic E-state index is 10.6. The van der Waals surface area contributed by atoms with Crippen LogP contribution in [0.25, 0.3) is 0 Å². The van der Waals surface area contributed by atoms with Gasteiger partial charge in [0.1, 0.15) is 0 Å². The highest BCUT2D eigenvalue weighted by Crippen LogP contribution is 2.10. The Balaban J connectivity index is 0.000000547.